The second kappa shape index (κ2) is 11.4. The van der Waals surface area contributed by atoms with Crippen molar-refractivity contribution in [3.8, 4) is 11.8 Å². The van der Waals surface area contributed by atoms with E-state index in [1.54, 1.807) is 36.4 Å². The van der Waals surface area contributed by atoms with Gasteiger partial charge in [-0.25, -0.2) is 9.69 Å². The SMILES string of the molecule is Cc1ccc(NC(=O)CN2C(=O)N/C(=C/c3cc(Br)c(OCc4ccccc4C#N)c(Br)c3)C2=O)cc1. The van der Waals surface area contributed by atoms with Gasteiger partial charge in [0.2, 0.25) is 5.91 Å². The van der Waals surface area contributed by atoms with Crippen LogP contribution < -0.4 is 15.4 Å². The second-order valence-corrected chi connectivity index (χ2v) is 9.87. The molecule has 186 valence electrons. The molecule has 1 heterocycles. The molecule has 0 aromatic heterocycles. The number of aryl methyl sites for hydroxylation is 1. The summed E-state index contributed by atoms with van der Waals surface area (Å²) in [6, 6.07) is 19.3. The summed E-state index contributed by atoms with van der Waals surface area (Å²) in [5.41, 5.74) is 3.56. The van der Waals surface area contributed by atoms with Gasteiger partial charge in [0.1, 0.15) is 24.6 Å². The maximum absolute atomic E-state index is 12.8. The van der Waals surface area contributed by atoms with E-state index in [9.17, 15) is 19.6 Å². The number of urea groups is 1. The normalized spacial score (nSPS) is 13.9. The lowest BCUT2D eigenvalue weighted by atomic mass is 10.1. The van der Waals surface area contributed by atoms with Crippen LogP contribution in [-0.2, 0) is 16.2 Å². The van der Waals surface area contributed by atoms with Crippen molar-refractivity contribution in [1.29, 1.82) is 5.26 Å². The van der Waals surface area contributed by atoms with Crippen molar-refractivity contribution >= 4 is 61.5 Å². The van der Waals surface area contributed by atoms with Gasteiger partial charge in [-0.3, -0.25) is 9.59 Å². The molecular formula is C27H20Br2N4O4. The summed E-state index contributed by atoms with van der Waals surface area (Å²) in [5, 5.41) is 14.5. The standard InChI is InChI=1S/C27H20Br2N4O4/c1-16-6-8-20(9-7-16)31-24(34)14-33-26(35)23(32-27(33)36)12-17-10-21(28)25(22(29)11-17)37-15-19-5-3-2-4-18(19)13-30/h2-12H,14-15H2,1H3,(H,31,34)(H,32,36)/b23-12+. The zero-order chi connectivity index (χ0) is 26.5. The van der Waals surface area contributed by atoms with E-state index < -0.39 is 24.4 Å². The summed E-state index contributed by atoms with van der Waals surface area (Å²) in [6.07, 6.45) is 1.52. The molecule has 3 aromatic carbocycles. The second-order valence-electron chi connectivity index (χ2n) is 8.16. The quantitative estimate of drug-likeness (QED) is 0.267. The Labute approximate surface area is 230 Å². The van der Waals surface area contributed by atoms with Gasteiger partial charge in [0.15, 0.2) is 0 Å². The monoisotopic (exact) mass is 622 g/mol. The third-order valence-electron chi connectivity index (χ3n) is 5.44. The Kier molecular flexibility index (Phi) is 8.06. The number of halogens is 2. The molecule has 10 heteroatoms. The van der Waals surface area contributed by atoms with E-state index in [0.717, 1.165) is 16.0 Å². The minimum Gasteiger partial charge on any atom is -0.486 e. The van der Waals surface area contributed by atoms with E-state index >= 15 is 0 Å². The number of imide groups is 1. The van der Waals surface area contributed by atoms with Crippen LogP contribution in [0.15, 0.2) is 75.3 Å². The lowest BCUT2D eigenvalue weighted by molar-refractivity contribution is -0.127. The van der Waals surface area contributed by atoms with E-state index in [1.165, 1.54) is 6.08 Å². The molecule has 4 amide bonds. The number of anilines is 1. The predicted molar refractivity (Wildman–Crippen MR) is 145 cm³/mol. The number of nitrogens with zero attached hydrogens (tertiary/aromatic N) is 2. The van der Waals surface area contributed by atoms with Crippen molar-refractivity contribution in [3.05, 3.63) is 97.6 Å². The number of nitrogens with one attached hydrogen (secondary N) is 2. The summed E-state index contributed by atoms with van der Waals surface area (Å²) in [5.74, 6) is -0.575. The molecule has 37 heavy (non-hydrogen) atoms. The number of hydrogen-bond donors (Lipinski definition) is 2. The summed E-state index contributed by atoms with van der Waals surface area (Å²) in [7, 11) is 0. The lowest BCUT2D eigenvalue weighted by Gasteiger charge is -2.12. The largest absolute Gasteiger partial charge is 0.486 e. The molecule has 1 fully saturated rings. The van der Waals surface area contributed by atoms with Gasteiger partial charge >= 0.3 is 6.03 Å². The van der Waals surface area contributed by atoms with Crippen LogP contribution in [0.4, 0.5) is 10.5 Å². The van der Waals surface area contributed by atoms with Crippen molar-refractivity contribution in [2.24, 2.45) is 0 Å². The third-order valence-corrected chi connectivity index (χ3v) is 6.62. The van der Waals surface area contributed by atoms with Crippen LogP contribution in [0, 0.1) is 18.3 Å². The fourth-order valence-electron chi connectivity index (χ4n) is 3.57. The highest BCUT2D eigenvalue weighted by molar-refractivity contribution is 9.11. The van der Waals surface area contributed by atoms with Crippen molar-refractivity contribution in [3.63, 3.8) is 0 Å². The zero-order valence-electron chi connectivity index (χ0n) is 19.5. The van der Waals surface area contributed by atoms with Crippen LogP contribution in [-0.4, -0.2) is 29.3 Å². The first-order valence-corrected chi connectivity index (χ1v) is 12.6. The van der Waals surface area contributed by atoms with E-state index in [2.05, 4.69) is 48.6 Å². The predicted octanol–water partition coefficient (Wildman–Crippen LogP) is 5.50. The molecule has 1 saturated heterocycles. The van der Waals surface area contributed by atoms with Crippen molar-refractivity contribution in [2.45, 2.75) is 13.5 Å². The first-order valence-electron chi connectivity index (χ1n) is 11.1. The lowest BCUT2D eigenvalue weighted by Crippen LogP contribution is -2.38. The number of benzene rings is 3. The Morgan fingerprint density at radius 3 is 2.46 bits per heavy atom. The molecular weight excluding hydrogens is 604 g/mol. The molecule has 1 aliphatic heterocycles. The molecule has 1 aliphatic rings. The van der Waals surface area contributed by atoms with Gasteiger partial charge in [-0.2, -0.15) is 5.26 Å². The molecule has 0 atom stereocenters. The number of carbonyl (C=O) groups is 3. The molecule has 0 spiro atoms. The number of carbonyl (C=O) groups excluding carboxylic acids is 3. The van der Waals surface area contributed by atoms with Crippen LogP contribution in [0.2, 0.25) is 0 Å². The van der Waals surface area contributed by atoms with Crippen molar-refractivity contribution < 1.29 is 19.1 Å². The molecule has 0 unspecified atom stereocenters. The van der Waals surface area contributed by atoms with Crippen LogP contribution in [0.3, 0.4) is 0 Å². The fraction of sp³-hybridized carbons (Fsp3) is 0.111. The minimum atomic E-state index is -0.676. The summed E-state index contributed by atoms with van der Waals surface area (Å²) < 4.78 is 7.13. The average Bonchev–Trinajstić information content (AvgIpc) is 3.12. The van der Waals surface area contributed by atoms with Gasteiger partial charge in [0, 0.05) is 11.3 Å². The van der Waals surface area contributed by atoms with Crippen LogP contribution in [0.25, 0.3) is 6.08 Å². The smallest absolute Gasteiger partial charge is 0.329 e. The molecule has 8 nitrogen and oxygen atoms in total. The maximum atomic E-state index is 12.8. The summed E-state index contributed by atoms with van der Waals surface area (Å²) in [4.78, 5) is 38.5. The molecule has 4 rings (SSSR count). The molecule has 2 N–H and O–H groups in total. The first kappa shape index (κ1) is 26.1. The number of rotatable bonds is 7. The Morgan fingerprint density at radius 2 is 1.78 bits per heavy atom. The highest BCUT2D eigenvalue weighted by Gasteiger charge is 2.35. The van der Waals surface area contributed by atoms with Crippen LogP contribution >= 0.6 is 31.9 Å². The van der Waals surface area contributed by atoms with Crippen LogP contribution in [0.1, 0.15) is 22.3 Å². The van der Waals surface area contributed by atoms with Gasteiger partial charge in [-0.15, -0.1) is 0 Å². The topological polar surface area (TPSA) is 112 Å². The Balaban J connectivity index is 1.45. The van der Waals surface area contributed by atoms with Crippen molar-refractivity contribution in [1.82, 2.24) is 10.2 Å². The molecule has 0 bridgehead atoms. The first-order chi connectivity index (χ1) is 17.7. The Morgan fingerprint density at radius 1 is 1.11 bits per heavy atom. The van der Waals surface area contributed by atoms with E-state index in [0.29, 0.717) is 31.5 Å². The average molecular weight is 624 g/mol. The van der Waals surface area contributed by atoms with Gasteiger partial charge in [0.25, 0.3) is 5.91 Å². The molecule has 0 radical (unpaired) electrons. The number of hydrogen-bond acceptors (Lipinski definition) is 5. The van der Waals surface area contributed by atoms with Gasteiger partial charge in [-0.05, 0) is 80.8 Å². The highest BCUT2D eigenvalue weighted by Crippen LogP contribution is 2.36. The Hall–Kier alpha value is -3.94. The molecule has 3 aromatic rings. The van der Waals surface area contributed by atoms with E-state index in [-0.39, 0.29) is 12.3 Å². The zero-order valence-corrected chi connectivity index (χ0v) is 22.7. The third kappa shape index (κ3) is 6.25. The van der Waals surface area contributed by atoms with Gasteiger partial charge in [-0.1, -0.05) is 35.9 Å². The van der Waals surface area contributed by atoms with Crippen molar-refractivity contribution in [2.75, 3.05) is 11.9 Å². The van der Waals surface area contributed by atoms with Crippen LogP contribution in [0.5, 0.6) is 5.75 Å². The maximum Gasteiger partial charge on any atom is 0.329 e. The summed E-state index contributed by atoms with van der Waals surface area (Å²) >= 11 is 6.96. The Bertz CT molecular complexity index is 1440. The highest BCUT2D eigenvalue weighted by atomic mass is 79.9. The summed E-state index contributed by atoms with van der Waals surface area (Å²) in [6.45, 7) is 1.70. The molecule has 0 aliphatic carbocycles. The minimum absolute atomic E-state index is 0.0450. The number of amides is 4. The fourth-order valence-corrected chi connectivity index (χ4v) is 5.02. The number of ether oxygens (including phenoxy) is 1. The van der Waals surface area contributed by atoms with E-state index in [4.69, 9.17) is 4.74 Å². The van der Waals surface area contributed by atoms with Gasteiger partial charge in [0.05, 0.1) is 20.6 Å². The molecule has 0 saturated carbocycles. The number of nitriles is 1. The van der Waals surface area contributed by atoms with E-state index in [1.807, 2.05) is 31.2 Å². The van der Waals surface area contributed by atoms with Gasteiger partial charge < -0.3 is 15.4 Å².